The molecule has 0 fully saturated rings. The first-order valence-corrected chi connectivity index (χ1v) is 3.20. The fraction of sp³-hybridized carbons (Fsp3) is 0. The summed E-state index contributed by atoms with van der Waals surface area (Å²) in [5.74, 6) is 0. The van der Waals surface area contributed by atoms with Gasteiger partial charge in [-0.05, 0) is 0 Å². The largest absolute Gasteiger partial charge is 0.297 e. The van der Waals surface area contributed by atoms with E-state index >= 15 is 0 Å². The van der Waals surface area contributed by atoms with Gasteiger partial charge in [0.15, 0.2) is 0 Å². The maximum absolute atomic E-state index is 7.98. The zero-order chi connectivity index (χ0) is 2.99. The predicted molar refractivity (Wildman–Crippen MR) is 17.5 cm³/mol. The van der Waals surface area contributed by atoms with Crippen LogP contribution in [0.4, 0.5) is 0 Å². The van der Waals surface area contributed by atoms with Crippen LogP contribution in [0.2, 0.25) is 0 Å². The monoisotopic (exact) mass is 93.0 g/mol. The molecule has 4 heteroatoms. The van der Waals surface area contributed by atoms with Crippen molar-refractivity contribution in [1.82, 2.24) is 4.60 Å². The molecule has 1 heterocycles. The van der Waals surface area contributed by atoms with E-state index in [1.54, 1.807) is 0 Å². The van der Waals surface area contributed by atoms with Crippen molar-refractivity contribution in [3.8, 4) is 0 Å². The van der Waals surface area contributed by atoms with Crippen LogP contribution < -0.4 is 0 Å². The second-order valence-corrected chi connectivity index (χ2v) is 2.95. The van der Waals surface area contributed by atoms with Gasteiger partial charge in [-0.2, -0.15) is 0 Å². The van der Waals surface area contributed by atoms with E-state index < -0.39 is 0 Å². The van der Waals surface area contributed by atoms with Crippen molar-refractivity contribution < 1.29 is 5.21 Å². The van der Waals surface area contributed by atoms with Gasteiger partial charge in [0.05, 0.1) is 16.0 Å². The Labute approximate surface area is 26.9 Å². The lowest BCUT2D eigenvalue weighted by atomic mass is 13.5. The lowest BCUT2D eigenvalue weighted by molar-refractivity contribution is 0.131. The summed E-state index contributed by atoms with van der Waals surface area (Å²) < 4.78 is 1.19. The molecule has 0 radical (unpaired) electrons. The molecule has 0 spiro atoms. The molecule has 0 aromatic carbocycles. The Balaban J connectivity index is 2.32. The van der Waals surface area contributed by atoms with Gasteiger partial charge < -0.3 is 0 Å². The van der Waals surface area contributed by atoms with Gasteiger partial charge in [-0.25, -0.2) is 0 Å². The van der Waals surface area contributed by atoms with Crippen LogP contribution in [0.15, 0.2) is 0 Å². The molecule has 4 heavy (non-hydrogen) atoms. The van der Waals surface area contributed by atoms with Crippen LogP contribution in [0.5, 0.6) is 0 Å². The highest BCUT2D eigenvalue weighted by molar-refractivity contribution is 7.96. The Hall–Kier alpha value is 0.520. The van der Waals surface area contributed by atoms with E-state index in [0.29, 0.717) is 0 Å². The summed E-state index contributed by atoms with van der Waals surface area (Å²) in [5.41, 5.74) is 0. The van der Waals surface area contributed by atoms with Gasteiger partial charge in [0.2, 0.25) is 0 Å². The summed E-state index contributed by atoms with van der Waals surface area (Å²) in [6.07, 6.45) is 0. The molecule has 0 aromatic heterocycles. The van der Waals surface area contributed by atoms with Crippen molar-refractivity contribution in [2.75, 3.05) is 0 Å². The van der Waals surface area contributed by atoms with Gasteiger partial charge in [-0.15, -0.1) is 0 Å². The Morgan fingerprint density at radius 3 is 1.75 bits per heavy atom. The summed E-state index contributed by atoms with van der Waals surface area (Å²) in [6, 6.07) is 0. The zero-order valence-corrected chi connectivity index (χ0v) is 3.58. The highest BCUT2D eigenvalue weighted by Crippen LogP contribution is 2.41. The molecule has 0 bridgehead atoms. The predicted octanol–water partition coefficient (Wildman–Crippen LogP) is 1.33. The molecule has 2 nitrogen and oxygen atoms in total. The van der Waals surface area contributed by atoms with Gasteiger partial charge in [0.1, 0.15) is 0 Å². The molecular weight excluding hydrogens is 92.0 g/mol. The first kappa shape index (κ1) is 2.74. The Kier molecular flexibility index (Phi) is 0.503. The van der Waals surface area contributed by atoms with Crippen LogP contribution in [0.25, 0.3) is 0 Å². The van der Waals surface area contributed by atoms with E-state index in [2.05, 4.69) is 0 Å². The summed E-state index contributed by atoms with van der Waals surface area (Å²) in [5, 5.41) is 7.98. The van der Waals surface area contributed by atoms with Gasteiger partial charge in [0.25, 0.3) is 0 Å². The van der Waals surface area contributed by atoms with Crippen molar-refractivity contribution in [3.05, 3.63) is 0 Å². The summed E-state index contributed by atoms with van der Waals surface area (Å²) >= 11 is 0. The highest BCUT2D eigenvalue weighted by atomic mass is 31.8. The van der Waals surface area contributed by atoms with E-state index in [1.807, 2.05) is 0 Å². The van der Waals surface area contributed by atoms with Crippen molar-refractivity contribution >= 4 is 16.0 Å². The first-order valence-electron chi connectivity index (χ1n) is 0.800. The Bertz CT molecular complexity index is 44.0. The number of rotatable bonds is 0. The third-order valence-electron chi connectivity index (χ3n) is 0.169. The minimum Gasteiger partial charge on any atom is -0.297 e. The smallest absolute Gasteiger partial charge is 0.0696 e. The van der Waals surface area contributed by atoms with Gasteiger partial charge in [-0.3, -0.25) is 5.21 Å². The Morgan fingerprint density at radius 1 is 1.50 bits per heavy atom. The van der Waals surface area contributed by atoms with Crippen molar-refractivity contribution in [2.24, 2.45) is 0 Å². The van der Waals surface area contributed by atoms with Crippen LogP contribution in [0.1, 0.15) is 0 Å². The van der Waals surface area contributed by atoms with Crippen LogP contribution in [0.3, 0.4) is 0 Å². The maximum atomic E-state index is 7.98. The molecule has 0 aliphatic carbocycles. The third-order valence-corrected chi connectivity index (χ3v) is 1.52. The molecule has 0 saturated carbocycles. The molecule has 0 atom stereocenters. The second-order valence-electron chi connectivity index (χ2n) is 0.447. The standard InChI is InChI=1S/HNOP2/c2-1-3-4-1/h2H. The molecule has 1 N–H and O–H groups in total. The molecular formula is HNOP2. The summed E-state index contributed by atoms with van der Waals surface area (Å²) in [6.45, 7) is 0. The molecule has 1 aliphatic rings. The molecule has 22 valence electrons. The zero-order valence-electron chi connectivity index (χ0n) is 1.79. The third kappa shape index (κ3) is 0.470. The maximum Gasteiger partial charge on any atom is 0.0696 e. The quantitative estimate of drug-likeness (QED) is 0.456. The van der Waals surface area contributed by atoms with E-state index in [1.165, 1.54) is 4.60 Å². The average Bonchev–Trinajstić information content (AvgIpc) is 1.75. The topological polar surface area (TPSA) is 23.2 Å². The van der Waals surface area contributed by atoms with E-state index in [-0.39, 0.29) is 0 Å². The van der Waals surface area contributed by atoms with Crippen LogP contribution >= 0.6 is 16.0 Å². The van der Waals surface area contributed by atoms with E-state index in [9.17, 15) is 0 Å². The molecule has 1 rings (SSSR count). The first-order chi connectivity index (χ1) is 1.89. The minimum absolute atomic E-state index is 1.03. The average molecular weight is 93.0 g/mol. The van der Waals surface area contributed by atoms with Gasteiger partial charge in [0, 0.05) is 0 Å². The fourth-order valence-corrected chi connectivity index (χ4v) is 0.161. The molecule has 0 unspecified atom stereocenters. The number of nitrogens with zero attached hydrogens (tertiary/aromatic N) is 1. The lowest BCUT2D eigenvalue weighted by Gasteiger charge is -1.65. The van der Waals surface area contributed by atoms with Crippen molar-refractivity contribution in [3.63, 3.8) is 0 Å². The number of hydrogen-bond donors (Lipinski definition) is 1. The van der Waals surface area contributed by atoms with Crippen LogP contribution in [-0.4, -0.2) is 9.81 Å². The van der Waals surface area contributed by atoms with Gasteiger partial charge >= 0.3 is 0 Å². The van der Waals surface area contributed by atoms with Crippen molar-refractivity contribution in [1.29, 1.82) is 0 Å². The van der Waals surface area contributed by atoms with Crippen LogP contribution in [-0.2, 0) is 0 Å². The minimum atomic E-state index is 1.03. The van der Waals surface area contributed by atoms with E-state index in [0.717, 1.165) is 16.0 Å². The molecule has 1 aliphatic heterocycles. The number of hydrogen-bond acceptors (Lipinski definition) is 2. The van der Waals surface area contributed by atoms with E-state index in [4.69, 9.17) is 5.21 Å². The van der Waals surface area contributed by atoms with Crippen molar-refractivity contribution in [2.45, 2.75) is 0 Å². The van der Waals surface area contributed by atoms with Crippen LogP contribution in [0, 0.1) is 0 Å². The highest BCUT2D eigenvalue weighted by Gasteiger charge is 2.00. The molecule has 0 saturated heterocycles. The van der Waals surface area contributed by atoms with Gasteiger partial charge in [-0.1, -0.05) is 4.60 Å². The molecule has 0 amide bonds. The normalized spacial score (nSPS) is 43.8. The molecule has 0 aromatic rings. The SMILES string of the molecule is ON1P=P1. The fourth-order valence-electron chi connectivity index (χ4n) is 0.0179. The summed E-state index contributed by atoms with van der Waals surface area (Å²) in [7, 11) is 2.05. The Morgan fingerprint density at radius 2 is 1.75 bits per heavy atom. The second kappa shape index (κ2) is 0.734. The summed E-state index contributed by atoms with van der Waals surface area (Å²) in [4.78, 5) is 0. The lowest BCUT2D eigenvalue weighted by Crippen LogP contribution is -1.66.